The van der Waals surface area contributed by atoms with Gasteiger partial charge in [-0.1, -0.05) is 12.8 Å². The highest BCUT2D eigenvalue weighted by atomic mass is 16.4. The second-order valence-electron chi connectivity index (χ2n) is 6.51. The van der Waals surface area contributed by atoms with E-state index in [0.717, 1.165) is 32.2 Å². The van der Waals surface area contributed by atoms with Gasteiger partial charge in [0.15, 0.2) is 0 Å². The molecule has 2 aliphatic heterocycles. The minimum atomic E-state index is -0.781. The fourth-order valence-electron chi connectivity index (χ4n) is 3.88. The van der Waals surface area contributed by atoms with E-state index in [4.69, 9.17) is 5.11 Å². The van der Waals surface area contributed by atoms with Crippen LogP contribution in [0.1, 0.15) is 32.1 Å². The number of piperazine rings is 1. The Morgan fingerprint density at radius 3 is 2.10 bits per heavy atom. The average Bonchev–Trinajstić information content (AvgIpc) is 3.18. The van der Waals surface area contributed by atoms with E-state index < -0.39 is 5.97 Å². The van der Waals surface area contributed by atoms with E-state index >= 15 is 0 Å². The molecule has 2 saturated heterocycles. The van der Waals surface area contributed by atoms with Crippen molar-refractivity contribution in [2.45, 2.75) is 38.1 Å². The largest absolute Gasteiger partial charge is 0.481 e. The van der Waals surface area contributed by atoms with Crippen LogP contribution in [0.5, 0.6) is 0 Å². The maximum atomic E-state index is 12.4. The second-order valence-corrected chi connectivity index (χ2v) is 6.51. The van der Waals surface area contributed by atoms with Crippen molar-refractivity contribution >= 4 is 12.0 Å². The zero-order chi connectivity index (χ0) is 14.8. The lowest BCUT2D eigenvalue weighted by Gasteiger charge is -2.39. The highest BCUT2D eigenvalue weighted by Crippen LogP contribution is 2.25. The van der Waals surface area contributed by atoms with Crippen LogP contribution in [-0.2, 0) is 4.79 Å². The van der Waals surface area contributed by atoms with E-state index in [0.29, 0.717) is 19.5 Å². The molecular formula is C15H25N3O3. The molecule has 21 heavy (non-hydrogen) atoms. The van der Waals surface area contributed by atoms with Crippen LogP contribution < -0.4 is 0 Å². The Balaban J connectivity index is 1.48. The quantitative estimate of drug-likeness (QED) is 0.828. The maximum absolute atomic E-state index is 12.4. The summed E-state index contributed by atoms with van der Waals surface area (Å²) in [6.07, 6.45) is 5.88. The van der Waals surface area contributed by atoms with Gasteiger partial charge in [0.25, 0.3) is 0 Å². The fraction of sp³-hybridized carbons (Fsp3) is 0.867. The van der Waals surface area contributed by atoms with Crippen molar-refractivity contribution in [3.63, 3.8) is 0 Å². The Morgan fingerprint density at radius 2 is 1.52 bits per heavy atom. The Labute approximate surface area is 125 Å². The minimum absolute atomic E-state index is 0.0322. The van der Waals surface area contributed by atoms with E-state index in [1.807, 2.05) is 4.90 Å². The van der Waals surface area contributed by atoms with Crippen LogP contribution in [0.25, 0.3) is 0 Å². The van der Waals surface area contributed by atoms with Crippen molar-refractivity contribution in [1.82, 2.24) is 14.7 Å². The van der Waals surface area contributed by atoms with Gasteiger partial charge in [-0.05, 0) is 19.3 Å². The van der Waals surface area contributed by atoms with Gasteiger partial charge in [-0.3, -0.25) is 9.69 Å². The third-order valence-electron chi connectivity index (χ3n) is 5.23. The predicted octanol–water partition coefficient (Wildman–Crippen LogP) is 1.07. The summed E-state index contributed by atoms with van der Waals surface area (Å²) in [5.41, 5.74) is 0. The number of rotatable bonds is 2. The summed E-state index contributed by atoms with van der Waals surface area (Å²) in [6, 6.07) is 0.759. The van der Waals surface area contributed by atoms with Crippen molar-refractivity contribution in [2.75, 3.05) is 39.3 Å². The summed E-state index contributed by atoms with van der Waals surface area (Å²) < 4.78 is 0. The maximum Gasteiger partial charge on any atom is 0.320 e. The molecule has 0 spiro atoms. The fourth-order valence-corrected chi connectivity index (χ4v) is 3.88. The number of carboxylic acid groups (broad SMARTS) is 1. The van der Waals surface area contributed by atoms with E-state index in [2.05, 4.69) is 4.90 Å². The second kappa shape index (κ2) is 6.22. The first-order chi connectivity index (χ1) is 10.1. The summed E-state index contributed by atoms with van der Waals surface area (Å²) in [5, 5.41) is 9.02. The summed E-state index contributed by atoms with van der Waals surface area (Å²) in [7, 11) is 0. The summed E-state index contributed by atoms with van der Waals surface area (Å²) in [6.45, 7) is 4.45. The molecule has 0 aromatic carbocycles. The van der Waals surface area contributed by atoms with Crippen molar-refractivity contribution in [3.05, 3.63) is 0 Å². The topological polar surface area (TPSA) is 64.1 Å². The SMILES string of the molecule is O=C(O)C1CCN(C(=O)N2CCN(C3CCCC3)CC2)C1. The lowest BCUT2D eigenvalue weighted by atomic mass is 10.1. The third kappa shape index (κ3) is 3.15. The molecule has 2 amide bonds. The van der Waals surface area contributed by atoms with Crippen molar-refractivity contribution in [3.8, 4) is 0 Å². The first-order valence-corrected chi connectivity index (χ1v) is 8.16. The van der Waals surface area contributed by atoms with E-state index in [-0.39, 0.29) is 11.9 Å². The van der Waals surface area contributed by atoms with Gasteiger partial charge in [0.05, 0.1) is 5.92 Å². The lowest BCUT2D eigenvalue weighted by Crippen LogP contribution is -2.54. The van der Waals surface area contributed by atoms with Gasteiger partial charge in [0, 0.05) is 45.3 Å². The third-order valence-corrected chi connectivity index (χ3v) is 5.23. The number of aliphatic carboxylic acids is 1. The van der Waals surface area contributed by atoms with Crippen LogP contribution in [0.4, 0.5) is 4.79 Å². The Bertz CT molecular complexity index is 401. The number of carboxylic acids is 1. The lowest BCUT2D eigenvalue weighted by molar-refractivity contribution is -0.141. The van der Waals surface area contributed by atoms with Crippen LogP contribution in [-0.4, -0.2) is 77.1 Å². The molecule has 6 heteroatoms. The number of carbonyl (C=O) groups is 2. The van der Waals surface area contributed by atoms with E-state index in [1.54, 1.807) is 4.90 Å². The Morgan fingerprint density at radius 1 is 0.857 bits per heavy atom. The molecule has 1 aliphatic carbocycles. The van der Waals surface area contributed by atoms with Gasteiger partial charge in [-0.15, -0.1) is 0 Å². The van der Waals surface area contributed by atoms with Gasteiger partial charge in [-0.2, -0.15) is 0 Å². The molecule has 0 aromatic rings. The molecule has 0 radical (unpaired) electrons. The van der Waals surface area contributed by atoms with Gasteiger partial charge in [0.1, 0.15) is 0 Å². The van der Waals surface area contributed by atoms with Crippen LogP contribution in [0.2, 0.25) is 0 Å². The van der Waals surface area contributed by atoms with E-state index in [9.17, 15) is 9.59 Å². The van der Waals surface area contributed by atoms with Crippen molar-refractivity contribution in [1.29, 1.82) is 0 Å². The highest BCUT2D eigenvalue weighted by molar-refractivity contribution is 5.77. The molecule has 1 atom stereocenters. The van der Waals surface area contributed by atoms with Gasteiger partial charge < -0.3 is 14.9 Å². The molecule has 1 N–H and O–H groups in total. The number of carbonyl (C=O) groups excluding carboxylic acids is 1. The molecular weight excluding hydrogens is 270 g/mol. The van der Waals surface area contributed by atoms with Crippen LogP contribution in [0, 0.1) is 5.92 Å². The standard InChI is InChI=1S/C15H25N3O3/c19-14(20)12-5-6-18(11-12)15(21)17-9-7-16(8-10-17)13-3-1-2-4-13/h12-13H,1-11H2,(H,19,20). The summed E-state index contributed by atoms with van der Waals surface area (Å²) >= 11 is 0. The van der Waals surface area contributed by atoms with Gasteiger partial charge in [-0.25, -0.2) is 4.79 Å². The first-order valence-electron chi connectivity index (χ1n) is 8.16. The summed E-state index contributed by atoms with van der Waals surface area (Å²) in [5.74, 6) is -1.16. The molecule has 3 rings (SSSR count). The molecule has 0 aromatic heterocycles. The smallest absolute Gasteiger partial charge is 0.320 e. The summed E-state index contributed by atoms with van der Waals surface area (Å²) in [4.78, 5) is 29.6. The number of urea groups is 1. The molecule has 6 nitrogen and oxygen atoms in total. The number of hydrogen-bond donors (Lipinski definition) is 1. The van der Waals surface area contributed by atoms with Crippen molar-refractivity contribution in [2.24, 2.45) is 5.92 Å². The normalized spacial score (nSPS) is 28.3. The number of hydrogen-bond acceptors (Lipinski definition) is 3. The molecule has 1 unspecified atom stereocenters. The highest BCUT2D eigenvalue weighted by Gasteiger charge is 2.34. The zero-order valence-corrected chi connectivity index (χ0v) is 12.5. The van der Waals surface area contributed by atoms with Crippen molar-refractivity contribution < 1.29 is 14.7 Å². The van der Waals surface area contributed by atoms with Gasteiger partial charge >= 0.3 is 12.0 Å². The molecule has 3 aliphatic rings. The van der Waals surface area contributed by atoms with Gasteiger partial charge in [0.2, 0.25) is 0 Å². The number of nitrogens with zero attached hydrogens (tertiary/aromatic N) is 3. The molecule has 118 valence electrons. The first kappa shape index (κ1) is 14.6. The average molecular weight is 295 g/mol. The predicted molar refractivity (Wildman–Crippen MR) is 78.1 cm³/mol. The Hall–Kier alpha value is -1.30. The zero-order valence-electron chi connectivity index (χ0n) is 12.5. The van der Waals surface area contributed by atoms with E-state index in [1.165, 1.54) is 25.7 Å². The van der Waals surface area contributed by atoms with Crippen LogP contribution in [0.15, 0.2) is 0 Å². The monoisotopic (exact) mass is 295 g/mol. The van der Waals surface area contributed by atoms with Crippen LogP contribution >= 0.6 is 0 Å². The Kier molecular flexibility index (Phi) is 4.33. The van der Waals surface area contributed by atoms with Crippen LogP contribution in [0.3, 0.4) is 0 Å². The minimum Gasteiger partial charge on any atom is -0.481 e. The number of likely N-dealkylation sites (tertiary alicyclic amines) is 1. The molecule has 0 bridgehead atoms. The molecule has 2 heterocycles. The molecule has 3 fully saturated rings. The molecule has 1 saturated carbocycles. The number of amides is 2.